The maximum absolute atomic E-state index is 11.7. The van der Waals surface area contributed by atoms with Gasteiger partial charge in [-0.3, -0.25) is 4.79 Å². The molecule has 16 heavy (non-hydrogen) atoms. The maximum Gasteiger partial charge on any atom is 0.271 e. The molecule has 1 aliphatic carbocycles. The molecule has 1 N–H and O–H groups in total. The van der Waals surface area contributed by atoms with E-state index in [1.807, 2.05) is 0 Å². The van der Waals surface area contributed by atoms with Crippen molar-refractivity contribution in [2.75, 3.05) is 0 Å². The first-order valence-electron chi connectivity index (χ1n) is 4.73. The zero-order valence-electron chi connectivity index (χ0n) is 8.49. The van der Waals surface area contributed by atoms with Crippen molar-refractivity contribution in [2.24, 2.45) is 0 Å². The molecule has 1 aliphatic rings. The van der Waals surface area contributed by atoms with Crippen molar-refractivity contribution in [3.63, 3.8) is 0 Å². The second-order valence-corrected chi connectivity index (χ2v) is 7.39. The highest BCUT2D eigenvalue weighted by atomic mass is 35.7. The van der Waals surface area contributed by atoms with Gasteiger partial charge >= 0.3 is 0 Å². The van der Waals surface area contributed by atoms with Crippen LogP contribution < -0.4 is 5.32 Å². The van der Waals surface area contributed by atoms with Crippen LogP contribution in [0.5, 0.6) is 0 Å². The van der Waals surface area contributed by atoms with Gasteiger partial charge in [-0.15, -0.1) is 11.3 Å². The van der Waals surface area contributed by atoms with E-state index in [-0.39, 0.29) is 16.2 Å². The third kappa shape index (κ3) is 2.39. The summed E-state index contributed by atoms with van der Waals surface area (Å²) >= 11 is 0.978. The summed E-state index contributed by atoms with van der Waals surface area (Å²) in [6.45, 7) is 1.59. The van der Waals surface area contributed by atoms with Gasteiger partial charge in [-0.2, -0.15) is 0 Å². The van der Waals surface area contributed by atoms with E-state index in [0.717, 1.165) is 24.2 Å². The van der Waals surface area contributed by atoms with Gasteiger partial charge in [0, 0.05) is 22.1 Å². The topological polar surface area (TPSA) is 63.2 Å². The molecule has 0 unspecified atom stereocenters. The Morgan fingerprint density at radius 1 is 1.56 bits per heavy atom. The maximum atomic E-state index is 11.7. The fraction of sp³-hybridized carbons (Fsp3) is 0.444. The lowest BCUT2D eigenvalue weighted by Gasteiger charge is -2.02. The van der Waals surface area contributed by atoms with Gasteiger partial charge in [-0.25, -0.2) is 8.42 Å². The third-order valence-electron chi connectivity index (χ3n) is 2.37. The third-order valence-corrected chi connectivity index (χ3v) is 5.68. The lowest BCUT2D eigenvalue weighted by molar-refractivity contribution is 0.0951. The van der Waals surface area contributed by atoms with Crippen LogP contribution in [0.3, 0.4) is 0 Å². The minimum atomic E-state index is -3.75. The Hall–Kier alpha value is -0.590. The Kier molecular flexibility index (Phi) is 2.98. The zero-order valence-corrected chi connectivity index (χ0v) is 10.9. The summed E-state index contributed by atoms with van der Waals surface area (Å²) in [5.74, 6) is -0.220. The number of hydrogen-bond donors (Lipinski definition) is 1. The largest absolute Gasteiger partial charge is 0.349 e. The number of hydrogen-bond acceptors (Lipinski definition) is 4. The quantitative estimate of drug-likeness (QED) is 0.859. The molecular weight excluding hydrogens is 270 g/mol. The molecule has 0 spiro atoms. The summed E-state index contributed by atoms with van der Waals surface area (Å²) in [6.07, 6.45) is 1.99. The van der Waals surface area contributed by atoms with Crippen LogP contribution in [0.2, 0.25) is 0 Å². The standard InChI is InChI=1S/C9H10ClNO3S2/c1-5-7(8(12)11-6-2-3-6)4-15-9(5)16(10,13)14/h4,6H,2-3H2,1H3,(H,11,12). The highest BCUT2D eigenvalue weighted by Crippen LogP contribution is 2.30. The van der Waals surface area contributed by atoms with Gasteiger partial charge in [0.25, 0.3) is 15.0 Å². The fourth-order valence-corrected chi connectivity index (χ4v) is 3.90. The van der Waals surface area contributed by atoms with E-state index in [4.69, 9.17) is 10.7 Å². The predicted molar refractivity (Wildman–Crippen MR) is 62.6 cm³/mol. The Morgan fingerprint density at radius 3 is 2.62 bits per heavy atom. The summed E-state index contributed by atoms with van der Waals surface area (Å²) in [7, 11) is 1.50. The van der Waals surface area contributed by atoms with Gasteiger partial charge in [-0.1, -0.05) is 0 Å². The van der Waals surface area contributed by atoms with Gasteiger partial charge in [0.15, 0.2) is 0 Å². The molecule has 1 aromatic rings. The second kappa shape index (κ2) is 4.01. The van der Waals surface area contributed by atoms with Gasteiger partial charge < -0.3 is 5.32 Å². The number of nitrogens with one attached hydrogen (secondary N) is 1. The van der Waals surface area contributed by atoms with Crippen molar-refractivity contribution in [3.8, 4) is 0 Å². The van der Waals surface area contributed by atoms with E-state index < -0.39 is 9.05 Å². The number of rotatable bonds is 3. The van der Waals surface area contributed by atoms with Gasteiger partial charge in [0.1, 0.15) is 4.21 Å². The molecule has 0 radical (unpaired) electrons. The molecular formula is C9H10ClNO3S2. The van der Waals surface area contributed by atoms with Gasteiger partial charge in [0.2, 0.25) is 0 Å². The average Bonchev–Trinajstić information content (AvgIpc) is 2.85. The number of carbonyl (C=O) groups excluding carboxylic acids is 1. The first kappa shape index (κ1) is 11.9. The number of amides is 1. The SMILES string of the molecule is Cc1c(C(=O)NC2CC2)csc1S(=O)(=O)Cl. The van der Waals surface area contributed by atoms with E-state index >= 15 is 0 Å². The summed E-state index contributed by atoms with van der Waals surface area (Å²) in [5.41, 5.74) is 0.828. The smallest absolute Gasteiger partial charge is 0.271 e. The molecule has 0 bridgehead atoms. The minimum absolute atomic E-state index is 0.0510. The van der Waals surface area contributed by atoms with E-state index in [9.17, 15) is 13.2 Å². The molecule has 0 atom stereocenters. The summed E-state index contributed by atoms with van der Waals surface area (Å²) in [6, 6.07) is 0.253. The predicted octanol–water partition coefficient (Wildman–Crippen LogP) is 1.88. The van der Waals surface area contributed by atoms with Crippen LogP contribution in [-0.2, 0) is 9.05 Å². The number of carbonyl (C=O) groups is 1. The molecule has 1 saturated carbocycles. The van der Waals surface area contributed by atoms with Crippen LogP contribution in [0, 0.1) is 6.92 Å². The Balaban J connectivity index is 2.28. The van der Waals surface area contributed by atoms with Crippen LogP contribution in [0.1, 0.15) is 28.8 Å². The van der Waals surface area contributed by atoms with Crippen molar-refractivity contribution >= 4 is 37.0 Å². The van der Waals surface area contributed by atoms with E-state index in [2.05, 4.69) is 5.32 Å². The fourth-order valence-electron chi connectivity index (χ4n) is 1.35. The molecule has 0 saturated heterocycles. The highest BCUT2D eigenvalue weighted by molar-refractivity contribution is 8.15. The first-order valence-corrected chi connectivity index (χ1v) is 7.92. The summed E-state index contributed by atoms with van der Waals surface area (Å²) in [4.78, 5) is 11.7. The van der Waals surface area contributed by atoms with Gasteiger partial charge in [-0.05, 0) is 25.3 Å². The minimum Gasteiger partial charge on any atom is -0.349 e. The molecule has 1 aromatic heterocycles. The Bertz CT molecular complexity index is 531. The van der Waals surface area contributed by atoms with Gasteiger partial charge in [0.05, 0.1) is 5.56 Å². The van der Waals surface area contributed by atoms with Crippen molar-refractivity contribution in [3.05, 3.63) is 16.5 Å². The van der Waals surface area contributed by atoms with Crippen molar-refractivity contribution in [2.45, 2.75) is 30.0 Å². The normalized spacial score (nSPS) is 16.1. The molecule has 0 aromatic carbocycles. The molecule has 4 nitrogen and oxygen atoms in total. The summed E-state index contributed by atoms with van der Waals surface area (Å²) < 4.78 is 22.4. The van der Waals surface area contributed by atoms with Crippen LogP contribution in [0.25, 0.3) is 0 Å². The molecule has 1 heterocycles. The van der Waals surface area contributed by atoms with Crippen molar-refractivity contribution in [1.29, 1.82) is 0 Å². The van der Waals surface area contributed by atoms with E-state index in [1.165, 1.54) is 5.38 Å². The van der Waals surface area contributed by atoms with Crippen molar-refractivity contribution in [1.82, 2.24) is 5.32 Å². The van der Waals surface area contributed by atoms with Crippen molar-refractivity contribution < 1.29 is 13.2 Å². The summed E-state index contributed by atoms with van der Waals surface area (Å²) in [5, 5.41) is 4.34. The van der Waals surface area contributed by atoms with Crippen LogP contribution in [0.15, 0.2) is 9.59 Å². The monoisotopic (exact) mass is 279 g/mol. The second-order valence-electron chi connectivity index (χ2n) is 3.75. The lowest BCUT2D eigenvalue weighted by Crippen LogP contribution is -2.25. The Labute approximate surface area is 102 Å². The molecule has 1 amide bonds. The number of halogens is 1. The highest BCUT2D eigenvalue weighted by Gasteiger charge is 2.27. The van der Waals surface area contributed by atoms with Crippen LogP contribution in [0.4, 0.5) is 0 Å². The Morgan fingerprint density at radius 2 is 2.19 bits per heavy atom. The molecule has 2 rings (SSSR count). The molecule has 0 aliphatic heterocycles. The molecule has 1 fully saturated rings. The zero-order chi connectivity index (χ0) is 11.9. The van der Waals surface area contributed by atoms with Crippen LogP contribution in [-0.4, -0.2) is 20.4 Å². The number of thiophene rings is 1. The first-order chi connectivity index (χ1) is 7.39. The molecule has 7 heteroatoms. The average molecular weight is 280 g/mol. The van der Waals surface area contributed by atoms with Crippen LogP contribution >= 0.6 is 22.0 Å². The lowest BCUT2D eigenvalue weighted by atomic mass is 10.2. The molecule has 88 valence electrons. The van der Waals surface area contributed by atoms with E-state index in [0.29, 0.717) is 11.1 Å². The van der Waals surface area contributed by atoms with E-state index in [1.54, 1.807) is 6.92 Å².